The Morgan fingerprint density at radius 1 is 1.47 bits per heavy atom. The van der Waals surface area contributed by atoms with Crippen LogP contribution < -0.4 is 5.73 Å². The Balaban J connectivity index is 1.90. The van der Waals surface area contributed by atoms with E-state index >= 15 is 0 Å². The monoisotopic (exact) mass is 221 g/mol. The molecule has 0 aliphatic heterocycles. The van der Waals surface area contributed by atoms with Crippen LogP contribution in [0.3, 0.4) is 0 Å². The van der Waals surface area contributed by atoms with E-state index < -0.39 is 0 Å². The first-order valence-electron chi connectivity index (χ1n) is 4.98. The Kier molecular flexibility index (Phi) is 3.18. The molecule has 2 rings (SSSR count). The smallest absolute Gasteiger partial charge is 0.0522 e. The Bertz CT molecular complexity index is 405. The molecular formula is C11H15N3S. The number of nitrogens with two attached hydrogens (primary N) is 1. The maximum atomic E-state index is 6.07. The van der Waals surface area contributed by atoms with Gasteiger partial charge >= 0.3 is 0 Å². The second-order valence-electron chi connectivity index (χ2n) is 3.82. The second-order valence-corrected chi connectivity index (χ2v) is 4.60. The average Bonchev–Trinajstić information content (AvgIpc) is 2.77. The first-order valence-corrected chi connectivity index (χ1v) is 5.92. The van der Waals surface area contributed by atoms with Crippen LogP contribution in [0.4, 0.5) is 0 Å². The van der Waals surface area contributed by atoms with Crippen molar-refractivity contribution in [3.63, 3.8) is 0 Å². The van der Waals surface area contributed by atoms with Gasteiger partial charge in [-0.2, -0.15) is 16.4 Å². The Labute approximate surface area is 93.5 Å². The zero-order chi connectivity index (χ0) is 10.7. The molecule has 4 heteroatoms. The molecule has 0 aliphatic rings. The van der Waals surface area contributed by atoms with Crippen LogP contribution in [0.15, 0.2) is 29.2 Å². The van der Waals surface area contributed by atoms with Crippen molar-refractivity contribution in [2.24, 2.45) is 12.8 Å². The summed E-state index contributed by atoms with van der Waals surface area (Å²) >= 11 is 1.72. The standard InChI is InChI=1S/C11H15N3S/c1-14-7-10(6-13-14)5-11(12)4-9-2-3-15-8-9/h2-3,6-8,11H,4-5,12H2,1H3. The molecule has 2 heterocycles. The number of aryl methyl sites for hydroxylation is 1. The highest BCUT2D eigenvalue weighted by Crippen LogP contribution is 2.10. The summed E-state index contributed by atoms with van der Waals surface area (Å²) in [4.78, 5) is 0. The van der Waals surface area contributed by atoms with Gasteiger partial charge in [0.2, 0.25) is 0 Å². The molecule has 2 aromatic rings. The fraction of sp³-hybridized carbons (Fsp3) is 0.364. The van der Waals surface area contributed by atoms with Crippen LogP contribution in [0, 0.1) is 0 Å². The van der Waals surface area contributed by atoms with Crippen molar-refractivity contribution in [2.45, 2.75) is 18.9 Å². The maximum Gasteiger partial charge on any atom is 0.0522 e. The normalized spacial score (nSPS) is 12.9. The molecule has 0 fully saturated rings. The van der Waals surface area contributed by atoms with Crippen LogP contribution in [0.1, 0.15) is 11.1 Å². The molecular weight excluding hydrogens is 206 g/mol. The van der Waals surface area contributed by atoms with Crippen LogP contribution in [0.25, 0.3) is 0 Å². The SMILES string of the molecule is Cn1cc(CC(N)Cc2ccsc2)cn1. The van der Waals surface area contributed by atoms with Gasteiger partial charge in [0.05, 0.1) is 6.20 Å². The number of hydrogen-bond donors (Lipinski definition) is 1. The summed E-state index contributed by atoms with van der Waals surface area (Å²) in [7, 11) is 1.92. The van der Waals surface area contributed by atoms with Gasteiger partial charge in [0, 0.05) is 19.3 Å². The van der Waals surface area contributed by atoms with E-state index in [1.54, 1.807) is 11.3 Å². The van der Waals surface area contributed by atoms with Gasteiger partial charge in [0.1, 0.15) is 0 Å². The molecule has 0 aliphatic carbocycles. The zero-order valence-electron chi connectivity index (χ0n) is 8.76. The number of aromatic nitrogens is 2. The lowest BCUT2D eigenvalue weighted by Gasteiger charge is -2.08. The lowest BCUT2D eigenvalue weighted by Crippen LogP contribution is -2.25. The van der Waals surface area contributed by atoms with E-state index in [1.165, 1.54) is 11.1 Å². The summed E-state index contributed by atoms with van der Waals surface area (Å²) in [5.41, 5.74) is 8.61. The van der Waals surface area contributed by atoms with Gasteiger partial charge < -0.3 is 5.73 Å². The summed E-state index contributed by atoms with van der Waals surface area (Å²) in [5, 5.41) is 8.38. The number of rotatable bonds is 4. The number of hydrogen-bond acceptors (Lipinski definition) is 3. The van der Waals surface area contributed by atoms with Gasteiger partial charge in [-0.15, -0.1) is 0 Å². The molecule has 0 saturated heterocycles. The van der Waals surface area contributed by atoms with Crippen molar-refractivity contribution in [2.75, 3.05) is 0 Å². The third-order valence-corrected chi connectivity index (χ3v) is 3.07. The maximum absolute atomic E-state index is 6.07. The van der Waals surface area contributed by atoms with Gasteiger partial charge in [0.25, 0.3) is 0 Å². The third-order valence-electron chi connectivity index (χ3n) is 2.33. The van der Waals surface area contributed by atoms with Gasteiger partial charge in [-0.25, -0.2) is 0 Å². The van der Waals surface area contributed by atoms with Crippen molar-refractivity contribution in [1.29, 1.82) is 0 Å². The third kappa shape index (κ3) is 2.91. The van der Waals surface area contributed by atoms with Crippen molar-refractivity contribution < 1.29 is 0 Å². The van der Waals surface area contributed by atoms with Gasteiger partial charge in [-0.3, -0.25) is 4.68 Å². The largest absolute Gasteiger partial charge is 0.327 e. The predicted molar refractivity (Wildman–Crippen MR) is 62.9 cm³/mol. The topological polar surface area (TPSA) is 43.8 Å². The van der Waals surface area contributed by atoms with E-state index in [4.69, 9.17) is 5.73 Å². The molecule has 15 heavy (non-hydrogen) atoms. The molecule has 0 amide bonds. The number of nitrogens with zero attached hydrogens (tertiary/aromatic N) is 2. The van der Waals surface area contributed by atoms with Crippen LogP contribution in [-0.2, 0) is 19.9 Å². The molecule has 2 aromatic heterocycles. The summed E-state index contributed by atoms with van der Waals surface area (Å²) in [6.07, 6.45) is 5.74. The first kappa shape index (κ1) is 10.4. The molecule has 3 nitrogen and oxygen atoms in total. The molecule has 1 atom stereocenters. The lowest BCUT2D eigenvalue weighted by molar-refractivity contribution is 0.665. The van der Waals surface area contributed by atoms with Crippen molar-refractivity contribution in [3.05, 3.63) is 40.3 Å². The molecule has 2 N–H and O–H groups in total. The van der Waals surface area contributed by atoms with E-state index in [0.29, 0.717) is 0 Å². The van der Waals surface area contributed by atoms with Crippen LogP contribution >= 0.6 is 11.3 Å². The van der Waals surface area contributed by atoms with Gasteiger partial charge in [-0.05, 0) is 40.8 Å². The summed E-state index contributed by atoms with van der Waals surface area (Å²) in [5.74, 6) is 0. The Morgan fingerprint density at radius 3 is 2.87 bits per heavy atom. The van der Waals surface area contributed by atoms with E-state index in [-0.39, 0.29) is 6.04 Å². The van der Waals surface area contributed by atoms with E-state index in [0.717, 1.165) is 12.8 Å². The van der Waals surface area contributed by atoms with Crippen molar-refractivity contribution in [1.82, 2.24) is 9.78 Å². The Hall–Kier alpha value is -1.13. The van der Waals surface area contributed by atoms with Gasteiger partial charge in [0.15, 0.2) is 0 Å². The van der Waals surface area contributed by atoms with Crippen molar-refractivity contribution >= 4 is 11.3 Å². The fourth-order valence-corrected chi connectivity index (χ4v) is 2.35. The summed E-state index contributed by atoms with van der Waals surface area (Å²) in [6.45, 7) is 0. The number of thiophene rings is 1. The second kappa shape index (κ2) is 4.59. The van der Waals surface area contributed by atoms with Crippen LogP contribution in [0.5, 0.6) is 0 Å². The predicted octanol–water partition coefficient (Wildman–Crippen LogP) is 1.59. The fourth-order valence-electron chi connectivity index (χ4n) is 1.66. The molecule has 0 spiro atoms. The minimum absolute atomic E-state index is 0.184. The van der Waals surface area contributed by atoms with E-state index in [9.17, 15) is 0 Å². The Morgan fingerprint density at radius 2 is 2.27 bits per heavy atom. The first-order chi connectivity index (χ1) is 7.24. The molecule has 0 radical (unpaired) electrons. The van der Waals surface area contributed by atoms with Crippen LogP contribution in [-0.4, -0.2) is 15.8 Å². The molecule has 80 valence electrons. The highest BCUT2D eigenvalue weighted by molar-refractivity contribution is 7.07. The average molecular weight is 221 g/mol. The molecule has 0 saturated carbocycles. The van der Waals surface area contributed by atoms with Crippen LogP contribution in [0.2, 0.25) is 0 Å². The van der Waals surface area contributed by atoms with Crippen molar-refractivity contribution in [3.8, 4) is 0 Å². The quantitative estimate of drug-likeness (QED) is 0.852. The zero-order valence-corrected chi connectivity index (χ0v) is 9.57. The molecule has 0 aromatic carbocycles. The lowest BCUT2D eigenvalue weighted by atomic mass is 10.0. The highest BCUT2D eigenvalue weighted by atomic mass is 32.1. The molecule has 1 unspecified atom stereocenters. The highest BCUT2D eigenvalue weighted by Gasteiger charge is 2.06. The minimum Gasteiger partial charge on any atom is -0.327 e. The summed E-state index contributed by atoms with van der Waals surface area (Å²) < 4.78 is 1.81. The molecule has 0 bridgehead atoms. The summed E-state index contributed by atoms with van der Waals surface area (Å²) in [6, 6.07) is 2.32. The van der Waals surface area contributed by atoms with E-state index in [1.807, 2.05) is 24.1 Å². The minimum atomic E-state index is 0.184. The van der Waals surface area contributed by atoms with E-state index in [2.05, 4.69) is 21.9 Å². The van der Waals surface area contributed by atoms with Gasteiger partial charge in [-0.1, -0.05) is 0 Å².